The summed E-state index contributed by atoms with van der Waals surface area (Å²) in [6.07, 6.45) is 0. The van der Waals surface area contributed by atoms with Crippen molar-refractivity contribution in [3.63, 3.8) is 0 Å². The molecule has 0 saturated carbocycles. The second-order valence-corrected chi connectivity index (χ2v) is 8.84. The molecule has 0 aromatic heterocycles. The number of benzene rings is 4. The fraction of sp³-hybridized carbons (Fsp3) is 0.0385. The third-order valence-electron chi connectivity index (χ3n) is 4.98. The van der Waals surface area contributed by atoms with Crippen molar-refractivity contribution in [2.75, 3.05) is 11.8 Å². The number of nitrogens with one attached hydrogen (secondary N) is 1. The SMILES string of the molecule is COc1ccc(C#Cc2ccc(C(=O)O)cc2)c(NS(=O)(=O)c2ccc3ccccc3c2)c1. The standard InChI is InChI=1S/C26H19NO5S/c1-32-23-14-12-20(9-6-18-7-10-21(11-8-18)26(28)29)25(17-23)27-33(30,31)24-15-13-19-4-2-3-5-22(19)16-24/h2-5,7-8,10-17,27H,1H3,(H,28,29). The summed E-state index contributed by atoms with van der Waals surface area (Å²) in [6, 6.07) is 23.5. The van der Waals surface area contributed by atoms with Gasteiger partial charge in [0.1, 0.15) is 5.75 Å². The lowest BCUT2D eigenvalue weighted by Crippen LogP contribution is -2.14. The van der Waals surface area contributed by atoms with Crippen LogP contribution in [0.3, 0.4) is 0 Å². The van der Waals surface area contributed by atoms with E-state index in [2.05, 4.69) is 16.6 Å². The molecule has 6 nitrogen and oxygen atoms in total. The molecule has 164 valence electrons. The van der Waals surface area contributed by atoms with Crippen LogP contribution in [0, 0.1) is 11.8 Å². The van der Waals surface area contributed by atoms with Gasteiger partial charge < -0.3 is 9.84 Å². The van der Waals surface area contributed by atoms with Gasteiger partial charge in [-0.1, -0.05) is 42.2 Å². The minimum Gasteiger partial charge on any atom is -0.497 e. The number of hydrogen-bond acceptors (Lipinski definition) is 4. The van der Waals surface area contributed by atoms with Crippen LogP contribution in [0.4, 0.5) is 5.69 Å². The van der Waals surface area contributed by atoms with Crippen molar-refractivity contribution >= 4 is 32.5 Å². The maximum atomic E-state index is 13.1. The number of aromatic carboxylic acids is 1. The van der Waals surface area contributed by atoms with Gasteiger partial charge in [0, 0.05) is 17.2 Å². The highest BCUT2D eigenvalue weighted by Crippen LogP contribution is 2.26. The molecule has 0 heterocycles. The Kier molecular flexibility index (Phi) is 6.03. The number of carboxylic acids is 1. The van der Waals surface area contributed by atoms with Gasteiger partial charge in [-0.15, -0.1) is 0 Å². The van der Waals surface area contributed by atoms with E-state index in [4.69, 9.17) is 9.84 Å². The van der Waals surface area contributed by atoms with Gasteiger partial charge in [-0.05, 0) is 59.3 Å². The highest BCUT2D eigenvalue weighted by atomic mass is 32.2. The first kappa shape index (κ1) is 21.9. The van der Waals surface area contributed by atoms with Gasteiger partial charge in [0.25, 0.3) is 10.0 Å². The third-order valence-corrected chi connectivity index (χ3v) is 6.34. The Labute approximate surface area is 191 Å². The number of fused-ring (bicyclic) bond motifs is 1. The number of methoxy groups -OCH3 is 1. The molecule has 33 heavy (non-hydrogen) atoms. The third kappa shape index (κ3) is 4.97. The summed E-state index contributed by atoms with van der Waals surface area (Å²) >= 11 is 0. The number of anilines is 1. The van der Waals surface area contributed by atoms with E-state index in [0.29, 0.717) is 16.9 Å². The highest BCUT2D eigenvalue weighted by molar-refractivity contribution is 7.92. The van der Waals surface area contributed by atoms with Crippen molar-refractivity contribution in [1.82, 2.24) is 0 Å². The summed E-state index contributed by atoms with van der Waals surface area (Å²) in [5.74, 6) is 5.35. The van der Waals surface area contributed by atoms with E-state index < -0.39 is 16.0 Å². The number of ether oxygens (including phenoxy) is 1. The zero-order chi connectivity index (χ0) is 23.4. The Morgan fingerprint density at radius 3 is 2.30 bits per heavy atom. The molecule has 7 heteroatoms. The molecule has 0 aliphatic heterocycles. The molecular formula is C26H19NO5S. The fourth-order valence-corrected chi connectivity index (χ4v) is 4.32. The summed E-state index contributed by atoms with van der Waals surface area (Å²) in [5.41, 5.74) is 1.48. The second kappa shape index (κ2) is 9.07. The van der Waals surface area contributed by atoms with E-state index in [1.54, 1.807) is 48.5 Å². The van der Waals surface area contributed by atoms with Crippen LogP contribution in [0.5, 0.6) is 5.75 Å². The molecule has 0 atom stereocenters. The summed E-state index contributed by atoms with van der Waals surface area (Å²) in [4.78, 5) is 11.1. The van der Waals surface area contributed by atoms with Crippen LogP contribution in [-0.4, -0.2) is 26.6 Å². The van der Waals surface area contributed by atoms with Crippen LogP contribution in [0.1, 0.15) is 21.5 Å². The Bertz CT molecular complexity index is 1510. The number of sulfonamides is 1. The molecule has 4 aromatic rings. The van der Waals surface area contributed by atoms with E-state index in [0.717, 1.165) is 10.8 Å². The molecule has 0 aliphatic rings. The van der Waals surface area contributed by atoms with Crippen LogP contribution < -0.4 is 9.46 Å². The predicted octanol–water partition coefficient (Wildman–Crippen LogP) is 4.75. The van der Waals surface area contributed by atoms with E-state index in [1.165, 1.54) is 19.2 Å². The normalized spacial score (nSPS) is 10.8. The first-order valence-electron chi connectivity index (χ1n) is 9.91. The Morgan fingerprint density at radius 1 is 0.879 bits per heavy atom. The maximum Gasteiger partial charge on any atom is 0.335 e. The Hall–Kier alpha value is -4.28. The van der Waals surface area contributed by atoms with Gasteiger partial charge >= 0.3 is 5.97 Å². The molecular weight excluding hydrogens is 438 g/mol. The molecule has 2 N–H and O–H groups in total. The molecule has 0 fully saturated rings. The van der Waals surface area contributed by atoms with Crippen molar-refractivity contribution in [1.29, 1.82) is 0 Å². The molecule has 0 unspecified atom stereocenters. The largest absolute Gasteiger partial charge is 0.497 e. The lowest BCUT2D eigenvalue weighted by atomic mass is 10.1. The monoisotopic (exact) mass is 457 g/mol. The summed E-state index contributed by atoms with van der Waals surface area (Å²) in [5, 5.41) is 10.8. The Morgan fingerprint density at radius 2 is 1.61 bits per heavy atom. The molecule has 4 aromatic carbocycles. The quantitative estimate of drug-likeness (QED) is 0.422. The average molecular weight is 458 g/mol. The first-order valence-corrected chi connectivity index (χ1v) is 11.4. The summed E-state index contributed by atoms with van der Waals surface area (Å²) in [6.45, 7) is 0. The van der Waals surface area contributed by atoms with Gasteiger partial charge in [0.2, 0.25) is 0 Å². The number of hydrogen-bond donors (Lipinski definition) is 2. The van der Waals surface area contributed by atoms with Crippen LogP contribution in [0.25, 0.3) is 10.8 Å². The van der Waals surface area contributed by atoms with E-state index >= 15 is 0 Å². The zero-order valence-corrected chi connectivity index (χ0v) is 18.4. The fourth-order valence-electron chi connectivity index (χ4n) is 3.22. The van der Waals surface area contributed by atoms with Crippen LogP contribution in [0.15, 0.2) is 89.8 Å². The van der Waals surface area contributed by atoms with Crippen LogP contribution in [-0.2, 0) is 10.0 Å². The van der Waals surface area contributed by atoms with E-state index in [9.17, 15) is 13.2 Å². The first-order chi connectivity index (χ1) is 15.9. The van der Waals surface area contributed by atoms with Gasteiger partial charge in [0.05, 0.1) is 23.3 Å². The van der Waals surface area contributed by atoms with Crippen molar-refractivity contribution in [3.05, 3.63) is 102 Å². The predicted molar refractivity (Wildman–Crippen MR) is 127 cm³/mol. The number of carbonyl (C=O) groups is 1. The molecule has 0 amide bonds. The lowest BCUT2D eigenvalue weighted by molar-refractivity contribution is 0.0697. The van der Waals surface area contributed by atoms with Crippen molar-refractivity contribution in [2.24, 2.45) is 0 Å². The van der Waals surface area contributed by atoms with Gasteiger partial charge in [0.15, 0.2) is 0 Å². The van der Waals surface area contributed by atoms with E-state index in [-0.39, 0.29) is 16.1 Å². The number of carboxylic acid groups (broad SMARTS) is 1. The second-order valence-electron chi connectivity index (χ2n) is 7.16. The molecule has 0 bridgehead atoms. The molecule has 0 aliphatic carbocycles. The Balaban J connectivity index is 1.69. The average Bonchev–Trinajstić information content (AvgIpc) is 2.83. The number of rotatable bonds is 5. The summed E-state index contributed by atoms with van der Waals surface area (Å²) in [7, 11) is -2.40. The highest BCUT2D eigenvalue weighted by Gasteiger charge is 2.17. The molecule has 0 saturated heterocycles. The maximum absolute atomic E-state index is 13.1. The lowest BCUT2D eigenvalue weighted by Gasteiger charge is -2.12. The van der Waals surface area contributed by atoms with Gasteiger partial charge in [-0.25, -0.2) is 13.2 Å². The zero-order valence-electron chi connectivity index (χ0n) is 17.6. The van der Waals surface area contributed by atoms with Crippen LogP contribution >= 0.6 is 0 Å². The molecule has 4 rings (SSSR count). The van der Waals surface area contributed by atoms with Crippen LogP contribution in [0.2, 0.25) is 0 Å². The van der Waals surface area contributed by atoms with Gasteiger partial charge in [-0.2, -0.15) is 0 Å². The van der Waals surface area contributed by atoms with E-state index in [1.807, 2.05) is 24.3 Å². The van der Waals surface area contributed by atoms with Crippen molar-refractivity contribution in [3.8, 4) is 17.6 Å². The van der Waals surface area contributed by atoms with Crippen molar-refractivity contribution in [2.45, 2.75) is 4.90 Å². The van der Waals surface area contributed by atoms with Crippen molar-refractivity contribution < 1.29 is 23.1 Å². The minimum atomic E-state index is -3.89. The molecule has 0 radical (unpaired) electrons. The minimum absolute atomic E-state index is 0.132. The molecule has 0 spiro atoms. The summed E-state index contributed by atoms with van der Waals surface area (Å²) < 4.78 is 34.1. The smallest absolute Gasteiger partial charge is 0.335 e. The van der Waals surface area contributed by atoms with Gasteiger partial charge in [-0.3, -0.25) is 4.72 Å². The topological polar surface area (TPSA) is 92.7 Å².